The number of aromatic nitrogens is 2. The van der Waals surface area contributed by atoms with Crippen molar-refractivity contribution >= 4 is 56.3 Å². The number of benzene rings is 1. The lowest BCUT2D eigenvalue weighted by atomic mass is 10.3. The van der Waals surface area contributed by atoms with Crippen molar-refractivity contribution in [1.29, 1.82) is 0 Å². The van der Waals surface area contributed by atoms with Gasteiger partial charge in [-0.3, -0.25) is 4.79 Å². The van der Waals surface area contributed by atoms with Gasteiger partial charge in [0.2, 0.25) is 5.91 Å². The summed E-state index contributed by atoms with van der Waals surface area (Å²) in [5.74, 6) is -0.0911. The van der Waals surface area contributed by atoms with Crippen molar-refractivity contribution in [2.75, 3.05) is 18.9 Å². The van der Waals surface area contributed by atoms with Gasteiger partial charge in [0.15, 0.2) is 0 Å². The lowest BCUT2D eigenvalue weighted by Gasteiger charge is -2.16. The number of carbonyl (C=O) groups excluding carboxylic acids is 1. The van der Waals surface area contributed by atoms with Crippen LogP contribution < -0.4 is 5.32 Å². The number of nitrogens with zero attached hydrogens (tertiary/aromatic N) is 3. The summed E-state index contributed by atoms with van der Waals surface area (Å²) in [5.41, 5.74) is 1.36. The number of carbonyl (C=O) groups is 1. The van der Waals surface area contributed by atoms with E-state index in [1.807, 2.05) is 0 Å². The van der Waals surface area contributed by atoms with Gasteiger partial charge in [0.25, 0.3) is 10.0 Å². The van der Waals surface area contributed by atoms with E-state index < -0.39 is 15.9 Å². The minimum atomic E-state index is -3.80. The lowest BCUT2D eigenvalue weighted by molar-refractivity contribution is -0.116. The monoisotopic (exact) mass is 458 g/mol. The second-order valence-corrected chi connectivity index (χ2v) is 10.4. The Morgan fingerprint density at radius 3 is 2.64 bits per heavy atom. The van der Waals surface area contributed by atoms with Crippen LogP contribution in [-0.4, -0.2) is 42.0 Å². The maximum Gasteiger partial charge on any atom is 0.252 e. The Bertz CT molecular complexity index is 1130. The van der Waals surface area contributed by atoms with Crippen LogP contribution in [0.4, 0.5) is 5.82 Å². The van der Waals surface area contributed by atoms with Gasteiger partial charge in [-0.2, -0.15) is 9.40 Å². The summed E-state index contributed by atoms with van der Waals surface area (Å²) in [4.78, 5) is 12.5. The Hall–Kier alpha value is -1.91. The number of hydrogen-bond acceptors (Lipinski definition) is 5. The van der Waals surface area contributed by atoms with Crippen LogP contribution in [0, 0.1) is 6.92 Å². The molecule has 0 saturated carbocycles. The molecule has 0 aliphatic rings. The van der Waals surface area contributed by atoms with Crippen LogP contribution in [-0.2, 0) is 14.8 Å². The van der Waals surface area contributed by atoms with Crippen LogP contribution in [0.2, 0.25) is 9.36 Å². The molecule has 0 spiro atoms. The molecule has 0 aliphatic carbocycles. The van der Waals surface area contributed by atoms with Gasteiger partial charge in [-0.15, -0.1) is 11.3 Å². The number of rotatable bonds is 6. The number of sulfonamides is 1. The van der Waals surface area contributed by atoms with Crippen molar-refractivity contribution < 1.29 is 13.2 Å². The van der Waals surface area contributed by atoms with E-state index in [1.54, 1.807) is 37.3 Å². The van der Waals surface area contributed by atoms with Gasteiger partial charge in [0, 0.05) is 18.1 Å². The first kappa shape index (κ1) is 20.8. The standard InChI is InChI=1S/C17H16Cl2N4O3S2/c1-11-8-15(23(21-11)13-5-3-4-12(18)9-13)20-16(24)10-22(2)28(25,26)17-7-6-14(19)27-17/h3-9H,10H2,1-2H3,(H,20,24). The van der Waals surface area contributed by atoms with Crippen LogP contribution in [0.1, 0.15) is 5.69 Å². The normalized spacial score (nSPS) is 11.8. The van der Waals surface area contributed by atoms with E-state index >= 15 is 0 Å². The fourth-order valence-corrected chi connectivity index (χ4v) is 5.46. The summed E-state index contributed by atoms with van der Waals surface area (Å²) >= 11 is 12.8. The Morgan fingerprint density at radius 2 is 2.00 bits per heavy atom. The first-order valence-electron chi connectivity index (χ1n) is 8.01. The van der Waals surface area contributed by atoms with E-state index in [0.29, 0.717) is 26.6 Å². The third kappa shape index (κ3) is 4.56. The van der Waals surface area contributed by atoms with Crippen LogP contribution in [0.3, 0.4) is 0 Å². The SMILES string of the molecule is Cc1cc(NC(=O)CN(C)S(=O)(=O)c2ccc(Cl)s2)n(-c2cccc(Cl)c2)n1. The summed E-state index contributed by atoms with van der Waals surface area (Å²) in [6.45, 7) is 1.42. The van der Waals surface area contributed by atoms with Gasteiger partial charge >= 0.3 is 0 Å². The van der Waals surface area contributed by atoms with Crippen LogP contribution in [0.15, 0.2) is 46.7 Å². The zero-order valence-electron chi connectivity index (χ0n) is 14.9. The molecule has 1 N–H and O–H groups in total. The average molecular weight is 459 g/mol. The van der Waals surface area contributed by atoms with Crippen molar-refractivity contribution in [3.05, 3.63) is 57.5 Å². The molecule has 0 atom stereocenters. The van der Waals surface area contributed by atoms with E-state index in [0.717, 1.165) is 15.6 Å². The van der Waals surface area contributed by atoms with Crippen molar-refractivity contribution in [3.63, 3.8) is 0 Å². The molecule has 2 heterocycles. The highest BCUT2D eigenvalue weighted by Crippen LogP contribution is 2.27. The smallest absolute Gasteiger partial charge is 0.252 e. The first-order chi connectivity index (χ1) is 13.2. The van der Waals surface area contributed by atoms with E-state index in [4.69, 9.17) is 23.2 Å². The third-order valence-corrected chi connectivity index (χ3v) is 7.47. The molecule has 148 valence electrons. The highest BCUT2D eigenvalue weighted by atomic mass is 35.5. The highest BCUT2D eigenvalue weighted by Gasteiger charge is 2.25. The first-order valence-corrected chi connectivity index (χ1v) is 11.0. The molecule has 0 radical (unpaired) electrons. The Balaban J connectivity index is 1.77. The summed E-state index contributed by atoms with van der Waals surface area (Å²) in [6, 6.07) is 11.6. The quantitative estimate of drug-likeness (QED) is 0.608. The minimum absolute atomic E-state index is 0.0765. The van der Waals surface area contributed by atoms with Gasteiger partial charge in [0.1, 0.15) is 10.0 Å². The molecule has 0 aliphatic heterocycles. The van der Waals surface area contributed by atoms with Crippen molar-refractivity contribution in [2.45, 2.75) is 11.1 Å². The van der Waals surface area contributed by atoms with Crippen LogP contribution in [0.5, 0.6) is 0 Å². The van der Waals surface area contributed by atoms with Crippen molar-refractivity contribution in [3.8, 4) is 5.69 Å². The van der Waals surface area contributed by atoms with Gasteiger partial charge in [-0.05, 0) is 37.3 Å². The molecule has 7 nitrogen and oxygen atoms in total. The summed E-state index contributed by atoms with van der Waals surface area (Å²) in [7, 11) is -2.47. The van der Waals surface area contributed by atoms with Crippen molar-refractivity contribution in [2.24, 2.45) is 0 Å². The number of halogens is 2. The fourth-order valence-electron chi connectivity index (χ4n) is 2.45. The Kier molecular flexibility index (Phi) is 6.11. The molecule has 0 unspecified atom stereocenters. The Labute approximate surface area is 176 Å². The maximum atomic E-state index is 12.5. The van der Waals surface area contributed by atoms with E-state index in [1.165, 1.54) is 23.9 Å². The van der Waals surface area contributed by atoms with Crippen molar-refractivity contribution in [1.82, 2.24) is 14.1 Å². The molecule has 28 heavy (non-hydrogen) atoms. The number of aryl methyl sites for hydroxylation is 1. The Morgan fingerprint density at radius 1 is 1.25 bits per heavy atom. The summed E-state index contributed by atoms with van der Waals surface area (Å²) in [5, 5.41) is 7.58. The number of amides is 1. The average Bonchev–Trinajstić information content (AvgIpc) is 3.20. The predicted octanol–water partition coefficient (Wildman–Crippen LogP) is 3.81. The number of nitrogens with one attached hydrogen (secondary N) is 1. The lowest BCUT2D eigenvalue weighted by Crippen LogP contribution is -2.35. The third-order valence-electron chi connectivity index (χ3n) is 3.73. The fraction of sp³-hybridized carbons (Fsp3) is 0.176. The highest BCUT2D eigenvalue weighted by molar-refractivity contribution is 7.91. The summed E-state index contributed by atoms with van der Waals surface area (Å²) < 4.78 is 28.0. The van der Waals surface area contributed by atoms with E-state index in [-0.39, 0.29) is 10.8 Å². The molecule has 2 aromatic heterocycles. The summed E-state index contributed by atoms with van der Waals surface area (Å²) in [6.07, 6.45) is 0. The van der Waals surface area contributed by atoms with Gasteiger partial charge < -0.3 is 5.32 Å². The second-order valence-electron chi connectivity index (χ2n) is 5.93. The maximum absolute atomic E-state index is 12.5. The molecule has 1 amide bonds. The molecular formula is C17H16Cl2N4O3S2. The number of anilines is 1. The number of thiophene rings is 1. The number of hydrogen-bond donors (Lipinski definition) is 1. The molecule has 1 aromatic carbocycles. The van der Waals surface area contributed by atoms with Crippen LogP contribution >= 0.6 is 34.5 Å². The molecule has 0 bridgehead atoms. The van der Waals surface area contributed by atoms with E-state index in [2.05, 4.69) is 10.4 Å². The predicted molar refractivity (Wildman–Crippen MR) is 111 cm³/mol. The molecule has 0 fully saturated rings. The van der Waals surface area contributed by atoms with Crippen LogP contribution in [0.25, 0.3) is 5.69 Å². The number of likely N-dealkylation sites (N-methyl/N-ethyl adjacent to an activating group) is 1. The van der Waals surface area contributed by atoms with Gasteiger partial charge in [-0.1, -0.05) is 29.3 Å². The largest absolute Gasteiger partial charge is 0.309 e. The van der Waals surface area contributed by atoms with Gasteiger partial charge in [-0.25, -0.2) is 13.1 Å². The zero-order chi connectivity index (χ0) is 20.5. The van der Waals surface area contributed by atoms with E-state index in [9.17, 15) is 13.2 Å². The zero-order valence-corrected chi connectivity index (χ0v) is 18.0. The molecular weight excluding hydrogens is 443 g/mol. The molecule has 3 aromatic rings. The molecule has 0 saturated heterocycles. The second kappa shape index (κ2) is 8.22. The molecule has 11 heteroatoms. The molecule has 3 rings (SSSR count). The van der Waals surface area contributed by atoms with Gasteiger partial charge in [0.05, 0.1) is 22.3 Å². The minimum Gasteiger partial charge on any atom is -0.309 e. The topological polar surface area (TPSA) is 84.3 Å².